The second-order valence-electron chi connectivity index (χ2n) is 5.10. The third-order valence-corrected chi connectivity index (χ3v) is 3.67. The van der Waals surface area contributed by atoms with Crippen molar-refractivity contribution in [2.45, 2.75) is 31.3 Å². The lowest BCUT2D eigenvalue weighted by Crippen LogP contribution is -2.51. The van der Waals surface area contributed by atoms with Crippen molar-refractivity contribution in [3.05, 3.63) is 24.9 Å². The Hall–Kier alpha value is -2.30. The zero-order chi connectivity index (χ0) is 17.6. The second kappa shape index (κ2) is 8.36. The van der Waals surface area contributed by atoms with Gasteiger partial charge in [0, 0.05) is 6.04 Å². The summed E-state index contributed by atoms with van der Waals surface area (Å²) >= 11 is 0. The number of hydrogen-bond donors (Lipinski definition) is 4. The minimum absolute atomic E-state index is 0.286. The lowest BCUT2D eigenvalue weighted by molar-refractivity contribution is -0.257. The summed E-state index contributed by atoms with van der Waals surface area (Å²) in [5.41, 5.74) is 0. The molecule has 0 aliphatic heterocycles. The van der Waals surface area contributed by atoms with E-state index in [1.807, 2.05) is 0 Å². The molecule has 4 N–H and O–H groups in total. The van der Waals surface area contributed by atoms with Gasteiger partial charge in [-0.1, -0.05) is 0 Å². The van der Waals surface area contributed by atoms with Gasteiger partial charge in [-0.25, -0.2) is 10.5 Å². The van der Waals surface area contributed by atoms with Crippen LogP contribution in [0.25, 0.3) is 0 Å². The number of hydrogen-bond acceptors (Lipinski definition) is 8. The van der Waals surface area contributed by atoms with Gasteiger partial charge in [-0.3, -0.25) is 19.4 Å². The van der Waals surface area contributed by atoms with Crippen LogP contribution in [0.4, 0.5) is 0 Å². The Morgan fingerprint density at radius 1 is 0.957 bits per heavy atom. The van der Waals surface area contributed by atoms with Crippen molar-refractivity contribution in [1.29, 1.82) is 0 Å². The van der Waals surface area contributed by atoms with E-state index < -0.39 is 37.1 Å². The van der Waals surface area contributed by atoms with Gasteiger partial charge >= 0.3 is 11.9 Å². The van der Waals surface area contributed by atoms with E-state index in [0.717, 1.165) is 4.90 Å². The molecule has 2 unspecified atom stereocenters. The number of nitrogens with zero attached hydrogens (tertiary/aromatic N) is 2. The van der Waals surface area contributed by atoms with E-state index in [0.29, 0.717) is 19.3 Å². The summed E-state index contributed by atoms with van der Waals surface area (Å²) in [6.07, 6.45) is 1.68. The minimum atomic E-state index is -1.17. The van der Waals surface area contributed by atoms with Crippen LogP contribution in [0.3, 0.4) is 0 Å². The average Bonchev–Trinajstić information content (AvgIpc) is 2.94. The van der Waals surface area contributed by atoms with Crippen molar-refractivity contribution in [3.63, 3.8) is 0 Å². The van der Waals surface area contributed by atoms with E-state index >= 15 is 0 Å². The zero-order valence-corrected chi connectivity index (χ0v) is 12.4. The van der Waals surface area contributed by atoms with E-state index in [2.05, 4.69) is 22.9 Å². The Morgan fingerprint density at radius 3 is 1.78 bits per heavy atom. The Bertz CT molecular complexity index is 449. The summed E-state index contributed by atoms with van der Waals surface area (Å²) in [5, 5.41) is 35.6. The highest BCUT2D eigenvalue weighted by atomic mass is 17.1. The number of carboxylic acids is 2. The summed E-state index contributed by atoms with van der Waals surface area (Å²) < 4.78 is 0. The fraction of sp³-hybridized carbons (Fsp3) is 0.538. The molecule has 0 amide bonds. The van der Waals surface area contributed by atoms with Crippen LogP contribution < -0.4 is 0 Å². The van der Waals surface area contributed by atoms with Crippen LogP contribution in [-0.4, -0.2) is 67.6 Å². The van der Waals surface area contributed by atoms with Crippen molar-refractivity contribution in [2.75, 3.05) is 13.1 Å². The predicted octanol–water partition coefficient (Wildman–Crippen LogP) is 0.602. The molecule has 1 aliphatic carbocycles. The summed E-state index contributed by atoms with van der Waals surface area (Å²) in [5.74, 6) is -2.91. The largest absolute Gasteiger partial charge is 0.480 e. The summed E-state index contributed by atoms with van der Waals surface area (Å²) in [7, 11) is 0. The zero-order valence-electron chi connectivity index (χ0n) is 12.4. The highest BCUT2D eigenvalue weighted by Crippen LogP contribution is 2.32. The third kappa shape index (κ3) is 4.84. The first-order chi connectivity index (χ1) is 10.8. The first kappa shape index (κ1) is 18.7. The molecule has 0 aromatic rings. The molecular weight excluding hydrogens is 312 g/mol. The summed E-state index contributed by atoms with van der Waals surface area (Å²) in [6, 6.07) is -1.03. The molecule has 1 aliphatic rings. The monoisotopic (exact) mass is 332 g/mol. The van der Waals surface area contributed by atoms with E-state index in [1.54, 1.807) is 0 Å². The van der Waals surface area contributed by atoms with E-state index in [1.165, 1.54) is 4.90 Å². The second-order valence-corrected chi connectivity index (χ2v) is 5.10. The van der Waals surface area contributed by atoms with Crippen LogP contribution >= 0.6 is 0 Å². The van der Waals surface area contributed by atoms with Gasteiger partial charge in [-0.2, -0.15) is 0 Å². The highest BCUT2D eigenvalue weighted by Gasteiger charge is 2.40. The normalized spacial score (nSPS) is 20.1. The maximum absolute atomic E-state index is 11.0. The Balaban J connectivity index is 3.06. The number of carbonyl (C=O) groups is 2. The highest BCUT2D eigenvalue weighted by molar-refractivity contribution is 5.72. The molecule has 0 radical (unpaired) electrons. The molecule has 130 valence electrons. The van der Waals surface area contributed by atoms with Crippen LogP contribution in [0.5, 0.6) is 0 Å². The molecule has 2 atom stereocenters. The molecule has 0 spiro atoms. The van der Waals surface area contributed by atoms with Crippen LogP contribution in [0.15, 0.2) is 24.9 Å². The van der Waals surface area contributed by atoms with Crippen molar-refractivity contribution >= 4 is 11.9 Å². The Labute approximate surface area is 132 Å². The van der Waals surface area contributed by atoms with Crippen molar-refractivity contribution in [1.82, 2.24) is 9.80 Å². The molecule has 1 fully saturated rings. The number of rotatable bonds is 10. The molecule has 10 nitrogen and oxygen atoms in total. The molecular formula is C13H20N2O8. The summed E-state index contributed by atoms with van der Waals surface area (Å²) in [6.45, 7) is 5.96. The SMILES string of the molecule is C=C(OO)N(C(=C)OO)C1CCCC1N(CC(=O)O)CC(=O)O. The lowest BCUT2D eigenvalue weighted by atomic mass is 10.1. The molecule has 0 saturated heterocycles. The fourth-order valence-electron chi connectivity index (χ4n) is 2.88. The van der Waals surface area contributed by atoms with Gasteiger partial charge < -0.3 is 20.0 Å². The third-order valence-electron chi connectivity index (χ3n) is 3.67. The van der Waals surface area contributed by atoms with Crippen molar-refractivity contribution < 1.29 is 40.1 Å². The molecule has 0 heterocycles. The quantitative estimate of drug-likeness (QED) is 0.255. The standard InChI is InChI=1S/C13H20N2O8/c1-8(22-20)15(9(2)23-21)11-5-3-4-10(11)14(6-12(16)17)7-13(18)19/h10-11,20-21H,1-7H2,(H,16,17)(H,18,19). The van der Waals surface area contributed by atoms with Gasteiger partial charge in [0.05, 0.1) is 19.1 Å². The van der Waals surface area contributed by atoms with Gasteiger partial charge in [0.25, 0.3) is 0 Å². The first-order valence-corrected chi connectivity index (χ1v) is 6.79. The Morgan fingerprint density at radius 2 is 1.39 bits per heavy atom. The molecule has 10 heteroatoms. The van der Waals surface area contributed by atoms with Gasteiger partial charge in [0.2, 0.25) is 11.8 Å². The van der Waals surface area contributed by atoms with Gasteiger partial charge in [-0.15, -0.1) is 0 Å². The van der Waals surface area contributed by atoms with Crippen LogP contribution in [0.2, 0.25) is 0 Å². The molecule has 1 rings (SSSR count). The molecule has 0 aromatic carbocycles. The first-order valence-electron chi connectivity index (χ1n) is 6.79. The van der Waals surface area contributed by atoms with Crippen LogP contribution in [-0.2, 0) is 19.4 Å². The minimum Gasteiger partial charge on any atom is -0.480 e. The topological polar surface area (TPSA) is 140 Å². The van der Waals surface area contributed by atoms with Crippen LogP contribution in [0, 0.1) is 0 Å². The molecule has 0 aromatic heterocycles. The van der Waals surface area contributed by atoms with Crippen molar-refractivity contribution in [3.8, 4) is 0 Å². The molecule has 0 bridgehead atoms. The maximum atomic E-state index is 11.0. The maximum Gasteiger partial charge on any atom is 0.317 e. The smallest absolute Gasteiger partial charge is 0.317 e. The average molecular weight is 332 g/mol. The Kier molecular flexibility index (Phi) is 6.82. The van der Waals surface area contributed by atoms with Gasteiger partial charge in [-0.05, 0) is 32.4 Å². The van der Waals surface area contributed by atoms with E-state index in [-0.39, 0.29) is 11.8 Å². The molecule has 1 saturated carbocycles. The molecule has 23 heavy (non-hydrogen) atoms. The van der Waals surface area contributed by atoms with E-state index in [9.17, 15) is 9.59 Å². The van der Waals surface area contributed by atoms with Crippen molar-refractivity contribution in [2.24, 2.45) is 0 Å². The van der Waals surface area contributed by atoms with E-state index in [4.69, 9.17) is 20.7 Å². The lowest BCUT2D eigenvalue weighted by Gasteiger charge is -2.37. The van der Waals surface area contributed by atoms with Crippen LogP contribution in [0.1, 0.15) is 19.3 Å². The number of carboxylic acid groups (broad SMARTS) is 2. The number of aliphatic carboxylic acids is 2. The van der Waals surface area contributed by atoms with Gasteiger partial charge in [0.15, 0.2) is 0 Å². The van der Waals surface area contributed by atoms with Gasteiger partial charge in [0.1, 0.15) is 0 Å². The predicted molar refractivity (Wildman–Crippen MR) is 75.8 cm³/mol. The fourth-order valence-corrected chi connectivity index (χ4v) is 2.88. The summed E-state index contributed by atoms with van der Waals surface area (Å²) in [4.78, 5) is 32.6.